The van der Waals surface area contributed by atoms with Crippen molar-refractivity contribution in [2.75, 3.05) is 13.1 Å². The van der Waals surface area contributed by atoms with Crippen molar-refractivity contribution >= 4 is 37.8 Å². The van der Waals surface area contributed by atoms with E-state index in [9.17, 15) is 4.79 Å². The van der Waals surface area contributed by atoms with E-state index in [4.69, 9.17) is 0 Å². The lowest BCUT2D eigenvalue weighted by Crippen LogP contribution is -2.40. The van der Waals surface area contributed by atoms with Crippen molar-refractivity contribution in [1.29, 1.82) is 0 Å². The molecular formula is C13H16Br2N2O. The summed E-state index contributed by atoms with van der Waals surface area (Å²) in [6.45, 7) is 1.91. The average molecular weight is 376 g/mol. The van der Waals surface area contributed by atoms with E-state index in [1.165, 1.54) is 12.8 Å². The maximum absolute atomic E-state index is 12.1. The van der Waals surface area contributed by atoms with Crippen LogP contribution in [0.1, 0.15) is 29.6 Å². The highest BCUT2D eigenvalue weighted by Crippen LogP contribution is 2.20. The van der Waals surface area contributed by atoms with E-state index in [1.54, 1.807) is 0 Å². The Bertz CT molecular complexity index is 409. The molecule has 0 aliphatic carbocycles. The largest absolute Gasteiger partial charge is 0.348 e. The molecule has 18 heavy (non-hydrogen) atoms. The van der Waals surface area contributed by atoms with Crippen LogP contribution in [0.3, 0.4) is 0 Å². The van der Waals surface area contributed by atoms with Crippen LogP contribution in [0.4, 0.5) is 0 Å². The number of carbonyl (C=O) groups excluding carboxylic acids is 1. The number of nitrogens with one attached hydrogen (secondary N) is 2. The zero-order valence-electron chi connectivity index (χ0n) is 10.0. The second-order valence-corrected chi connectivity index (χ2v) is 6.36. The van der Waals surface area contributed by atoms with Crippen molar-refractivity contribution in [2.24, 2.45) is 0 Å². The standard InChI is InChI=1S/C13H16Br2N2O/c14-10-5-9(6-11(15)7-10)13(18)17-12-3-1-2-4-16-8-12/h5-7,12,16H,1-4,8H2,(H,17,18). The molecule has 1 aromatic rings. The molecule has 3 nitrogen and oxygen atoms in total. The molecule has 1 aromatic carbocycles. The molecule has 5 heteroatoms. The number of benzene rings is 1. The van der Waals surface area contributed by atoms with Crippen molar-refractivity contribution in [2.45, 2.75) is 25.3 Å². The average Bonchev–Trinajstić information content (AvgIpc) is 2.56. The Morgan fingerprint density at radius 3 is 2.67 bits per heavy atom. The van der Waals surface area contributed by atoms with Crippen molar-refractivity contribution in [3.05, 3.63) is 32.7 Å². The number of rotatable bonds is 2. The molecule has 0 radical (unpaired) electrons. The van der Waals surface area contributed by atoms with Crippen LogP contribution in [-0.2, 0) is 0 Å². The molecule has 0 aromatic heterocycles. The Hall–Kier alpha value is -0.390. The van der Waals surface area contributed by atoms with Gasteiger partial charge in [0.05, 0.1) is 0 Å². The van der Waals surface area contributed by atoms with Gasteiger partial charge in [0.1, 0.15) is 0 Å². The summed E-state index contributed by atoms with van der Waals surface area (Å²) < 4.78 is 1.81. The lowest BCUT2D eigenvalue weighted by molar-refractivity contribution is 0.0935. The van der Waals surface area contributed by atoms with Crippen molar-refractivity contribution in [1.82, 2.24) is 10.6 Å². The topological polar surface area (TPSA) is 41.1 Å². The molecule has 1 atom stereocenters. The fourth-order valence-corrected chi connectivity index (χ4v) is 3.39. The van der Waals surface area contributed by atoms with E-state index < -0.39 is 0 Å². The minimum atomic E-state index is -0.00861. The monoisotopic (exact) mass is 374 g/mol. The zero-order valence-corrected chi connectivity index (χ0v) is 13.2. The quantitative estimate of drug-likeness (QED) is 0.833. The molecule has 1 saturated heterocycles. The first-order chi connectivity index (χ1) is 8.65. The van der Waals surface area contributed by atoms with E-state index in [0.717, 1.165) is 28.5 Å². The lowest BCUT2D eigenvalue weighted by Gasteiger charge is -2.16. The Balaban J connectivity index is 2.01. The van der Waals surface area contributed by atoms with Gasteiger partial charge in [-0.05, 0) is 37.6 Å². The Morgan fingerprint density at radius 1 is 1.22 bits per heavy atom. The summed E-state index contributed by atoms with van der Waals surface area (Å²) in [5.41, 5.74) is 0.681. The molecule has 1 amide bonds. The van der Waals surface area contributed by atoms with Crippen LogP contribution >= 0.6 is 31.9 Å². The molecule has 1 unspecified atom stereocenters. The van der Waals surface area contributed by atoms with E-state index >= 15 is 0 Å². The van der Waals surface area contributed by atoms with Crippen LogP contribution in [0.2, 0.25) is 0 Å². The summed E-state index contributed by atoms with van der Waals surface area (Å²) in [4.78, 5) is 12.1. The Labute approximate surface area is 124 Å². The van der Waals surface area contributed by atoms with E-state index in [2.05, 4.69) is 42.5 Å². The maximum Gasteiger partial charge on any atom is 0.251 e. The van der Waals surface area contributed by atoms with Gasteiger partial charge in [-0.2, -0.15) is 0 Å². The van der Waals surface area contributed by atoms with Crippen LogP contribution in [-0.4, -0.2) is 25.0 Å². The highest BCUT2D eigenvalue weighted by Gasteiger charge is 2.15. The summed E-state index contributed by atoms with van der Waals surface area (Å²) in [6.07, 6.45) is 3.41. The van der Waals surface area contributed by atoms with Crippen LogP contribution < -0.4 is 10.6 Å². The molecule has 98 valence electrons. The smallest absolute Gasteiger partial charge is 0.251 e. The summed E-state index contributed by atoms with van der Waals surface area (Å²) in [5.74, 6) is -0.00861. The Kier molecular flexibility index (Phi) is 5.21. The summed E-state index contributed by atoms with van der Waals surface area (Å²) in [7, 11) is 0. The highest BCUT2D eigenvalue weighted by atomic mass is 79.9. The fourth-order valence-electron chi connectivity index (χ4n) is 2.10. The minimum absolute atomic E-state index is 0.00861. The van der Waals surface area contributed by atoms with Crippen LogP contribution in [0, 0.1) is 0 Å². The molecule has 1 aliphatic rings. The van der Waals surface area contributed by atoms with E-state index in [0.29, 0.717) is 5.56 Å². The molecule has 1 heterocycles. The highest BCUT2D eigenvalue weighted by molar-refractivity contribution is 9.11. The Morgan fingerprint density at radius 2 is 1.94 bits per heavy atom. The van der Waals surface area contributed by atoms with Gasteiger partial charge in [0.15, 0.2) is 0 Å². The third-order valence-electron chi connectivity index (χ3n) is 3.01. The molecule has 2 N–H and O–H groups in total. The van der Waals surface area contributed by atoms with Gasteiger partial charge in [0.25, 0.3) is 5.91 Å². The van der Waals surface area contributed by atoms with Gasteiger partial charge in [-0.15, -0.1) is 0 Å². The van der Waals surface area contributed by atoms with Crippen molar-refractivity contribution in [3.8, 4) is 0 Å². The summed E-state index contributed by atoms with van der Waals surface area (Å²) in [6, 6.07) is 5.83. The second-order valence-electron chi connectivity index (χ2n) is 4.53. The number of hydrogen-bond acceptors (Lipinski definition) is 2. The van der Waals surface area contributed by atoms with Gasteiger partial charge in [-0.1, -0.05) is 38.3 Å². The van der Waals surface area contributed by atoms with Crippen molar-refractivity contribution in [3.63, 3.8) is 0 Å². The number of hydrogen-bond donors (Lipinski definition) is 2. The van der Waals surface area contributed by atoms with Gasteiger partial charge in [-0.25, -0.2) is 0 Å². The van der Waals surface area contributed by atoms with Crippen LogP contribution in [0.25, 0.3) is 0 Å². The van der Waals surface area contributed by atoms with Gasteiger partial charge < -0.3 is 10.6 Å². The molecule has 0 saturated carbocycles. The third kappa shape index (κ3) is 4.07. The van der Waals surface area contributed by atoms with Gasteiger partial charge in [0.2, 0.25) is 0 Å². The number of carbonyl (C=O) groups is 1. The van der Waals surface area contributed by atoms with E-state index in [-0.39, 0.29) is 11.9 Å². The maximum atomic E-state index is 12.1. The third-order valence-corrected chi connectivity index (χ3v) is 3.92. The second kappa shape index (κ2) is 6.68. The predicted molar refractivity (Wildman–Crippen MR) is 79.8 cm³/mol. The number of halogens is 2. The van der Waals surface area contributed by atoms with Crippen LogP contribution in [0.5, 0.6) is 0 Å². The van der Waals surface area contributed by atoms with Gasteiger partial charge in [-0.3, -0.25) is 4.79 Å². The first kappa shape index (κ1) is 14.0. The normalized spacial score (nSPS) is 20.2. The first-order valence-corrected chi connectivity index (χ1v) is 7.71. The van der Waals surface area contributed by atoms with Gasteiger partial charge >= 0.3 is 0 Å². The summed E-state index contributed by atoms with van der Waals surface area (Å²) >= 11 is 6.79. The molecule has 1 fully saturated rings. The molecule has 1 aliphatic heterocycles. The van der Waals surface area contributed by atoms with Gasteiger partial charge in [0, 0.05) is 27.1 Å². The first-order valence-electron chi connectivity index (χ1n) is 6.13. The molecule has 2 rings (SSSR count). The minimum Gasteiger partial charge on any atom is -0.348 e. The molecular weight excluding hydrogens is 360 g/mol. The SMILES string of the molecule is O=C(NC1CCCCNC1)c1cc(Br)cc(Br)c1. The number of amides is 1. The predicted octanol–water partition coefficient (Wildman–Crippen LogP) is 3.08. The zero-order chi connectivity index (χ0) is 13.0. The molecule has 0 bridgehead atoms. The van der Waals surface area contributed by atoms with Crippen LogP contribution in [0.15, 0.2) is 27.1 Å². The molecule has 0 spiro atoms. The van der Waals surface area contributed by atoms with Crippen molar-refractivity contribution < 1.29 is 4.79 Å². The lowest BCUT2D eigenvalue weighted by atomic mass is 10.1. The summed E-state index contributed by atoms with van der Waals surface area (Å²) in [5, 5.41) is 6.43. The van der Waals surface area contributed by atoms with E-state index in [1.807, 2.05) is 18.2 Å². The fraction of sp³-hybridized carbons (Fsp3) is 0.462.